The molecule has 0 bridgehead atoms. The van der Waals surface area contributed by atoms with Crippen LogP contribution < -0.4 is 5.32 Å². The van der Waals surface area contributed by atoms with Crippen molar-refractivity contribution in [1.29, 1.82) is 0 Å². The predicted octanol–water partition coefficient (Wildman–Crippen LogP) is 3.98. The van der Waals surface area contributed by atoms with Crippen LogP contribution in [-0.4, -0.2) is 19.3 Å². The summed E-state index contributed by atoms with van der Waals surface area (Å²) in [4.78, 5) is 1.37. The van der Waals surface area contributed by atoms with E-state index in [2.05, 4.69) is 46.5 Å². The standard InChI is InChI=1S/C13H20BrNOS/c1-3-6-15-11(12-9(2)4-7-16-12)13-10(14)5-8-17-13/h5,8-9,11-12,15H,3-4,6-7H2,1-2H3. The number of nitrogens with one attached hydrogen (secondary N) is 1. The molecule has 2 nitrogen and oxygen atoms in total. The van der Waals surface area contributed by atoms with Crippen molar-refractivity contribution in [2.75, 3.05) is 13.2 Å². The third kappa shape index (κ3) is 3.11. The molecule has 0 aromatic carbocycles. The van der Waals surface area contributed by atoms with Crippen LogP contribution in [0.1, 0.15) is 37.6 Å². The van der Waals surface area contributed by atoms with Gasteiger partial charge in [-0.25, -0.2) is 0 Å². The Bertz CT molecular complexity index is 355. The Kier molecular flexibility index (Phi) is 5.03. The van der Waals surface area contributed by atoms with Crippen LogP contribution in [0, 0.1) is 5.92 Å². The number of halogens is 1. The first-order valence-corrected chi connectivity index (χ1v) is 7.99. The summed E-state index contributed by atoms with van der Waals surface area (Å²) in [5.41, 5.74) is 0. The molecule has 2 rings (SSSR count). The Hall–Kier alpha value is 0.1000. The fraction of sp³-hybridized carbons (Fsp3) is 0.692. The molecule has 1 saturated heterocycles. The zero-order chi connectivity index (χ0) is 12.3. The van der Waals surface area contributed by atoms with Gasteiger partial charge in [-0.2, -0.15) is 0 Å². The number of ether oxygens (including phenoxy) is 1. The molecule has 3 unspecified atom stereocenters. The van der Waals surface area contributed by atoms with Crippen LogP contribution in [0.5, 0.6) is 0 Å². The summed E-state index contributed by atoms with van der Waals surface area (Å²) in [5.74, 6) is 0.637. The summed E-state index contributed by atoms with van der Waals surface area (Å²) in [6.07, 6.45) is 2.65. The van der Waals surface area contributed by atoms with Crippen LogP contribution >= 0.6 is 27.3 Å². The predicted molar refractivity (Wildman–Crippen MR) is 76.6 cm³/mol. The molecule has 0 amide bonds. The van der Waals surface area contributed by atoms with Gasteiger partial charge in [0.25, 0.3) is 0 Å². The summed E-state index contributed by atoms with van der Waals surface area (Å²) >= 11 is 5.45. The van der Waals surface area contributed by atoms with Gasteiger partial charge in [-0.3, -0.25) is 0 Å². The lowest BCUT2D eigenvalue weighted by molar-refractivity contribution is 0.0616. The van der Waals surface area contributed by atoms with E-state index in [1.54, 1.807) is 0 Å². The molecule has 1 aromatic rings. The molecule has 0 spiro atoms. The molecule has 4 heteroatoms. The highest BCUT2D eigenvalue weighted by Gasteiger charge is 2.34. The summed E-state index contributed by atoms with van der Waals surface area (Å²) in [5, 5.41) is 5.78. The molecule has 0 radical (unpaired) electrons. The third-order valence-electron chi connectivity index (χ3n) is 3.31. The monoisotopic (exact) mass is 317 g/mol. The van der Waals surface area contributed by atoms with Crippen molar-refractivity contribution >= 4 is 27.3 Å². The highest BCUT2D eigenvalue weighted by atomic mass is 79.9. The highest BCUT2D eigenvalue weighted by Crippen LogP contribution is 2.37. The second kappa shape index (κ2) is 6.32. The Labute approximate surface area is 116 Å². The van der Waals surface area contributed by atoms with Crippen molar-refractivity contribution in [2.24, 2.45) is 5.92 Å². The minimum atomic E-state index is 0.316. The first kappa shape index (κ1) is 13.5. The van der Waals surface area contributed by atoms with E-state index < -0.39 is 0 Å². The van der Waals surface area contributed by atoms with E-state index in [0.717, 1.165) is 19.6 Å². The van der Waals surface area contributed by atoms with Crippen molar-refractivity contribution in [3.8, 4) is 0 Å². The fourth-order valence-corrected chi connectivity index (χ4v) is 4.06. The average Bonchev–Trinajstić information content (AvgIpc) is 2.90. The molecule has 96 valence electrons. The number of hydrogen-bond donors (Lipinski definition) is 1. The average molecular weight is 318 g/mol. The van der Waals surface area contributed by atoms with Crippen molar-refractivity contribution in [3.63, 3.8) is 0 Å². The molecular formula is C13H20BrNOS. The molecule has 1 fully saturated rings. The first-order chi connectivity index (χ1) is 8.24. The molecule has 1 aromatic heterocycles. The van der Waals surface area contributed by atoms with Crippen LogP contribution in [0.25, 0.3) is 0 Å². The van der Waals surface area contributed by atoms with Crippen molar-refractivity contribution in [3.05, 3.63) is 20.8 Å². The summed E-state index contributed by atoms with van der Waals surface area (Å²) in [7, 11) is 0. The maximum Gasteiger partial charge on any atom is 0.0804 e. The molecule has 0 aliphatic carbocycles. The van der Waals surface area contributed by atoms with Gasteiger partial charge in [-0.15, -0.1) is 11.3 Å². The fourth-order valence-electron chi connectivity index (χ4n) is 2.33. The van der Waals surface area contributed by atoms with Gasteiger partial charge in [0.2, 0.25) is 0 Å². The van der Waals surface area contributed by atoms with Crippen LogP contribution in [0.3, 0.4) is 0 Å². The lowest BCUT2D eigenvalue weighted by Crippen LogP contribution is -2.34. The smallest absolute Gasteiger partial charge is 0.0804 e. The molecule has 0 saturated carbocycles. The van der Waals surface area contributed by atoms with Gasteiger partial charge >= 0.3 is 0 Å². The van der Waals surface area contributed by atoms with Gasteiger partial charge in [0, 0.05) is 16.0 Å². The molecule has 2 heterocycles. The second-order valence-electron chi connectivity index (χ2n) is 4.67. The second-order valence-corrected chi connectivity index (χ2v) is 6.47. The Morgan fingerprint density at radius 2 is 2.47 bits per heavy atom. The summed E-state index contributed by atoms with van der Waals surface area (Å²) in [6, 6.07) is 2.46. The lowest BCUT2D eigenvalue weighted by Gasteiger charge is -2.26. The molecule has 1 N–H and O–H groups in total. The van der Waals surface area contributed by atoms with Crippen molar-refractivity contribution in [1.82, 2.24) is 5.32 Å². The number of hydrogen-bond acceptors (Lipinski definition) is 3. The van der Waals surface area contributed by atoms with Gasteiger partial charge < -0.3 is 10.1 Å². The summed E-state index contributed by atoms with van der Waals surface area (Å²) in [6.45, 7) is 6.44. The first-order valence-electron chi connectivity index (χ1n) is 6.32. The lowest BCUT2D eigenvalue weighted by atomic mass is 9.96. The van der Waals surface area contributed by atoms with E-state index in [1.165, 1.54) is 15.8 Å². The van der Waals surface area contributed by atoms with Gasteiger partial charge in [0.05, 0.1) is 12.1 Å². The Morgan fingerprint density at radius 3 is 3.00 bits per heavy atom. The molecule has 17 heavy (non-hydrogen) atoms. The van der Waals surface area contributed by atoms with Crippen LogP contribution in [0.4, 0.5) is 0 Å². The maximum absolute atomic E-state index is 5.93. The van der Waals surface area contributed by atoms with Gasteiger partial charge in [0.1, 0.15) is 0 Å². The Morgan fingerprint density at radius 1 is 1.65 bits per heavy atom. The SMILES string of the molecule is CCCNC(c1sccc1Br)C1OCCC1C. The zero-order valence-corrected chi connectivity index (χ0v) is 12.8. The largest absolute Gasteiger partial charge is 0.376 e. The third-order valence-corrected chi connectivity index (χ3v) is 5.27. The normalized spacial score (nSPS) is 26.3. The number of thiophene rings is 1. The Balaban J connectivity index is 2.15. The minimum Gasteiger partial charge on any atom is -0.376 e. The molecule has 1 aliphatic rings. The van der Waals surface area contributed by atoms with Crippen molar-refractivity contribution < 1.29 is 4.74 Å². The van der Waals surface area contributed by atoms with E-state index in [9.17, 15) is 0 Å². The van der Waals surface area contributed by atoms with Gasteiger partial charge in [-0.1, -0.05) is 13.8 Å². The van der Waals surface area contributed by atoms with E-state index in [1.807, 2.05) is 11.3 Å². The van der Waals surface area contributed by atoms with Crippen molar-refractivity contribution in [2.45, 2.75) is 38.8 Å². The van der Waals surface area contributed by atoms with Crippen LogP contribution in [0.15, 0.2) is 15.9 Å². The van der Waals surface area contributed by atoms with E-state index in [4.69, 9.17) is 4.74 Å². The molecule has 1 aliphatic heterocycles. The molecule has 3 atom stereocenters. The summed E-state index contributed by atoms with van der Waals surface area (Å²) < 4.78 is 7.13. The zero-order valence-electron chi connectivity index (χ0n) is 10.4. The topological polar surface area (TPSA) is 21.3 Å². The highest BCUT2D eigenvalue weighted by molar-refractivity contribution is 9.10. The maximum atomic E-state index is 5.93. The minimum absolute atomic E-state index is 0.316. The van der Waals surface area contributed by atoms with Crippen LogP contribution in [-0.2, 0) is 4.74 Å². The van der Waals surface area contributed by atoms with E-state index in [0.29, 0.717) is 18.1 Å². The van der Waals surface area contributed by atoms with Crippen LogP contribution in [0.2, 0.25) is 0 Å². The number of rotatable bonds is 5. The molecular weight excluding hydrogens is 298 g/mol. The quantitative estimate of drug-likeness (QED) is 0.887. The van der Waals surface area contributed by atoms with E-state index >= 15 is 0 Å². The van der Waals surface area contributed by atoms with Gasteiger partial charge in [0.15, 0.2) is 0 Å². The van der Waals surface area contributed by atoms with Gasteiger partial charge in [-0.05, 0) is 52.7 Å². The van der Waals surface area contributed by atoms with E-state index in [-0.39, 0.29) is 0 Å².